The molecule has 0 aliphatic carbocycles. The molecule has 26 heavy (non-hydrogen) atoms. The van der Waals surface area contributed by atoms with Gasteiger partial charge in [0.1, 0.15) is 11.4 Å². The van der Waals surface area contributed by atoms with E-state index in [9.17, 15) is 22.0 Å². The second-order valence-electron chi connectivity index (χ2n) is 4.87. The van der Waals surface area contributed by atoms with E-state index in [4.69, 9.17) is 5.73 Å². The highest BCUT2D eigenvalue weighted by Gasteiger charge is 2.32. The van der Waals surface area contributed by atoms with Crippen LogP contribution in [-0.4, -0.2) is 24.9 Å². The van der Waals surface area contributed by atoms with Crippen molar-refractivity contribution in [2.75, 3.05) is 11.1 Å². The summed E-state index contributed by atoms with van der Waals surface area (Å²) < 4.78 is 64.4. The van der Waals surface area contributed by atoms with Crippen LogP contribution in [0.4, 0.5) is 39.5 Å². The molecule has 0 saturated heterocycles. The molecule has 0 spiro atoms. The summed E-state index contributed by atoms with van der Waals surface area (Å²) in [6, 6.07) is 3.98. The van der Waals surface area contributed by atoms with E-state index >= 15 is 0 Å². The Labute approximate surface area is 142 Å². The number of hydrogen-bond acceptors (Lipinski definition) is 7. The Bertz CT molecular complexity index is 961. The van der Waals surface area contributed by atoms with Crippen molar-refractivity contribution in [2.45, 2.75) is 6.18 Å². The van der Waals surface area contributed by atoms with Crippen LogP contribution in [0.5, 0.6) is 0 Å². The maximum atomic E-state index is 13.2. The molecule has 0 aromatic carbocycles. The molecule has 0 bridgehead atoms. The average molecular weight is 369 g/mol. The quantitative estimate of drug-likeness (QED) is 0.540. The number of nitrogens with one attached hydrogen (secondary N) is 1. The predicted octanol–water partition coefficient (Wildman–Crippen LogP) is 2.95. The van der Waals surface area contributed by atoms with Crippen LogP contribution in [0.3, 0.4) is 0 Å². The van der Waals surface area contributed by atoms with Crippen molar-refractivity contribution in [1.82, 2.24) is 24.9 Å². The number of nitrogens with two attached hydrogens (primary N) is 1. The molecule has 3 aromatic rings. The first kappa shape index (κ1) is 17.4. The molecule has 12 heteroatoms. The number of nitrogens with zero attached hydrogens (tertiary/aromatic N) is 5. The van der Waals surface area contributed by atoms with Gasteiger partial charge in [-0.25, -0.2) is 14.4 Å². The number of aromatic nitrogens is 5. The average Bonchev–Trinajstić information content (AvgIpc) is 2.57. The molecule has 0 aliphatic rings. The zero-order valence-electron chi connectivity index (χ0n) is 12.6. The number of hydrogen-bond donors (Lipinski definition) is 2. The number of rotatable bonds is 3. The molecule has 0 amide bonds. The topological polar surface area (TPSA) is 102 Å². The minimum Gasteiger partial charge on any atom is -0.368 e. The third-order valence-corrected chi connectivity index (χ3v) is 2.97. The van der Waals surface area contributed by atoms with Gasteiger partial charge in [0.25, 0.3) is 0 Å². The van der Waals surface area contributed by atoms with E-state index in [1.165, 1.54) is 6.07 Å². The molecule has 3 N–H and O–H groups in total. The van der Waals surface area contributed by atoms with Gasteiger partial charge in [0.15, 0.2) is 11.6 Å². The number of nitrogen functional groups attached to an aromatic ring is 1. The molecule has 3 heterocycles. The molecule has 3 rings (SSSR count). The normalized spacial score (nSPS) is 11.4. The van der Waals surface area contributed by atoms with Crippen molar-refractivity contribution in [3.05, 3.63) is 47.9 Å². The summed E-state index contributed by atoms with van der Waals surface area (Å²) in [5.74, 6) is -3.26. The fourth-order valence-electron chi connectivity index (χ4n) is 1.90. The summed E-state index contributed by atoms with van der Waals surface area (Å²) in [4.78, 5) is 18.0. The van der Waals surface area contributed by atoms with Gasteiger partial charge in [0, 0.05) is 6.07 Å². The molecular formula is C14H8F5N7. The number of anilines is 3. The zero-order valence-corrected chi connectivity index (χ0v) is 12.6. The van der Waals surface area contributed by atoms with E-state index in [0.29, 0.717) is 0 Å². The first-order valence-corrected chi connectivity index (χ1v) is 6.86. The minimum absolute atomic E-state index is 0.00236. The fraction of sp³-hybridized carbons (Fsp3) is 0.0714. The lowest BCUT2D eigenvalue weighted by atomic mass is 10.3. The summed E-state index contributed by atoms with van der Waals surface area (Å²) in [6.45, 7) is 0. The van der Waals surface area contributed by atoms with Crippen LogP contribution in [0, 0.1) is 11.8 Å². The zero-order chi connectivity index (χ0) is 18.9. The Balaban J connectivity index is 1.96. The first-order chi connectivity index (χ1) is 12.2. The molecule has 0 radical (unpaired) electrons. The molecule has 7 nitrogen and oxygen atoms in total. The monoisotopic (exact) mass is 369 g/mol. The first-order valence-electron chi connectivity index (χ1n) is 6.86. The highest BCUT2D eigenvalue weighted by Crippen LogP contribution is 2.29. The van der Waals surface area contributed by atoms with E-state index in [0.717, 1.165) is 24.4 Å². The van der Waals surface area contributed by atoms with Crippen LogP contribution in [0.25, 0.3) is 11.5 Å². The molecule has 3 aromatic heterocycles. The third-order valence-electron chi connectivity index (χ3n) is 2.97. The Morgan fingerprint density at radius 3 is 2.46 bits per heavy atom. The maximum Gasteiger partial charge on any atom is 0.433 e. The maximum absolute atomic E-state index is 13.2. The van der Waals surface area contributed by atoms with Crippen molar-refractivity contribution < 1.29 is 22.0 Å². The molecule has 0 unspecified atom stereocenters. The second-order valence-corrected chi connectivity index (χ2v) is 4.87. The molecule has 0 fully saturated rings. The standard InChI is InChI=1S/C14H8F5N7/c15-7-4-6(5-21-10(7)16)22-13-25-11(24-12(20)26-13)8-2-1-3-9(23-8)14(17,18)19/h1-5H,(H3,20,22,24,25,26). The number of alkyl halides is 3. The number of halogens is 5. The minimum atomic E-state index is -4.65. The molecule has 0 aliphatic heterocycles. The van der Waals surface area contributed by atoms with E-state index in [2.05, 4.69) is 30.2 Å². The van der Waals surface area contributed by atoms with Gasteiger partial charge in [0.05, 0.1) is 11.9 Å². The molecular weight excluding hydrogens is 361 g/mol. The summed E-state index contributed by atoms with van der Waals surface area (Å²) in [6.07, 6.45) is -3.67. The van der Waals surface area contributed by atoms with Gasteiger partial charge in [-0.05, 0) is 12.1 Å². The van der Waals surface area contributed by atoms with Crippen molar-refractivity contribution in [3.63, 3.8) is 0 Å². The Morgan fingerprint density at radius 1 is 1.00 bits per heavy atom. The van der Waals surface area contributed by atoms with Crippen LogP contribution in [0.2, 0.25) is 0 Å². The summed E-state index contributed by atoms with van der Waals surface area (Å²) in [7, 11) is 0. The van der Waals surface area contributed by atoms with Crippen LogP contribution in [0.15, 0.2) is 30.5 Å². The Kier molecular flexibility index (Phi) is 4.32. The van der Waals surface area contributed by atoms with Crippen LogP contribution in [0.1, 0.15) is 5.69 Å². The van der Waals surface area contributed by atoms with E-state index in [-0.39, 0.29) is 29.1 Å². The summed E-state index contributed by atoms with van der Waals surface area (Å²) >= 11 is 0. The van der Waals surface area contributed by atoms with Crippen molar-refractivity contribution in [1.29, 1.82) is 0 Å². The number of pyridine rings is 2. The molecule has 134 valence electrons. The second kappa shape index (κ2) is 6.46. The van der Waals surface area contributed by atoms with Gasteiger partial charge in [-0.3, -0.25) is 0 Å². The van der Waals surface area contributed by atoms with Gasteiger partial charge in [-0.2, -0.15) is 32.5 Å². The van der Waals surface area contributed by atoms with E-state index in [1.807, 2.05) is 0 Å². The highest BCUT2D eigenvalue weighted by atomic mass is 19.4. The lowest BCUT2D eigenvalue weighted by Gasteiger charge is -2.09. The third kappa shape index (κ3) is 3.79. The van der Waals surface area contributed by atoms with Crippen molar-refractivity contribution in [2.24, 2.45) is 0 Å². The Hall–Kier alpha value is -3.44. The Morgan fingerprint density at radius 2 is 1.77 bits per heavy atom. The molecule has 0 atom stereocenters. The SMILES string of the molecule is Nc1nc(Nc2cnc(F)c(F)c2)nc(-c2cccc(C(F)(F)F)n2)n1. The lowest BCUT2D eigenvalue weighted by molar-refractivity contribution is -0.141. The lowest BCUT2D eigenvalue weighted by Crippen LogP contribution is -2.10. The van der Waals surface area contributed by atoms with Gasteiger partial charge in [-0.15, -0.1) is 0 Å². The van der Waals surface area contributed by atoms with Crippen LogP contribution in [-0.2, 0) is 6.18 Å². The highest BCUT2D eigenvalue weighted by molar-refractivity contribution is 5.57. The summed E-state index contributed by atoms with van der Waals surface area (Å²) in [5, 5.41) is 2.51. The van der Waals surface area contributed by atoms with Crippen molar-refractivity contribution >= 4 is 17.6 Å². The van der Waals surface area contributed by atoms with Gasteiger partial charge in [0.2, 0.25) is 17.8 Å². The smallest absolute Gasteiger partial charge is 0.368 e. The van der Waals surface area contributed by atoms with Crippen LogP contribution < -0.4 is 11.1 Å². The van der Waals surface area contributed by atoms with E-state index in [1.54, 1.807) is 0 Å². The molecule has 0 saturated carbocycles. The van der Waals surface area contributed by atoms with Gasteiger partial charge >= 0.3 is 6.18 Å². The largest absolute Gasteiger partial charge is 0.433 e. The van der Waals surface area contributed by atoms with Crippen molar-refractivity contribution in [3.8, 4) is 11.5 Å². The van der Waals surface area contributed by atoms with Crippen LogP contribution >= 0.6 is 0 Å². The van der Waals surface area contributed by atoms with E-state index < -0.39 is 23.6 Å². The van der Waals surface area contributed by atoms with Gasteiger partial charge in [-0.1, -0.05) is 6.07 Å². The predicted molar refractivity (Wildman–Crippen MR) is 79.9 cm³/mol. The summed E-state index contributed by atoms with van der Waals surface area (Å²) in [5.41, 5.74) is 4.20. The fourth-order valence-corrected chi connectivity index (χ4v) is 1.90. The van der Waals surface area contributed by atoms with Gasteiger partial charge < -0.3 is 11.1 Å².